The van der Waals surface area contributed by atoms with Crippen LogP contribution in [0, 0.1) is 13.8 Å². The van der Waals surface area contributed by atoms with E-state index < -0.39 is 31.0 Å². The van der Waals surface area contributed by atoms with Crippen LogP contribution in [-0.2, 0) is 11.3 Å². The number of nitrogens with zero attached hydrogens (tertiary/aromatic N) is 4. The number of carbonyl (C=O) groups excluding carboxylic acids is 1. The summed E-state index contributed by atoms with van der Waals surface area (Å²) in [6.07, 6.45) is 0.251. The molecule has 182 valence electrons. The Kier molecular flexibility index (Phi) is 5.35. The number of halogens is 4. The SMILES string of the molecule is Cc1ccn2c(C(=O)Nc3cc(-c4noc(COC5CC(F)(F)C5(F)F)n4)ccc3C)cnc2c1. The monoisotopic (exact) mass is 489 g/mol. The smallest absolute Gasteiger partial charge is 0.335 e. The van der Waals surface area contributed by atoms with Crippen molar-refractivity contribution < 1.29 is 31.6 Å². The Bertz CT molecular complexity index is 1430. The zero-order chi connectivity index (χ0) is 25.0. The third-order valence-electron chi connectivity index (χ3n) is 5.86. The van der Waals surface area contributed by atoms with E-state index in [0.717, 1.165) is 11.1 Å². The van der Waals surface area contributed by atoms with Crippen molar-refractivity contribution in [2.75, 3.05) is 5.32 Å². The zero-order valence-electron chi connectivity index (χ0n) is 18.6. The minimum atomic E-state index is -4.24. The van der Waals surface area contributed by atoms with Gasteiger partial charge in [0.25, 0.3) is 11.8 Å². The quantitative estimate of drug-likeness (QED) is 0.391. The van der Waals surface area contributed by atoms with Crippen LogP contribution >= 0.6 is 0 Å². The Morgan fingerprint density at radius 2 is 2.03 bits per heavy atom. The summed E-state index contributed by atoms with van der Waals surface area (Å²) in [7, 11) is 0. The van der Waals surface area contributed by atoms with Crippen LogP contribution in [0.25, 0.3) is 17.0 Å². The van der Waals surface area contributed by atoms with Crippen molar-refractivity contribution in [3.63, 3.8) is 0 Å². The first-order valence-electron chi connectivity index (χ1n) is 10.6. The molecule has 3 heterocycles. The normalized spacial score (nSPS) is 18.4. The van der Waals surface area contributed by atoms with Gasteiger partial charge >= 0.3 is 11.8 Å². The Morgan fingerprint density at radius 1 is 1.23 bits per heavy atom. The Balaban J connectivity index is 1.30. The van der Waals surface area contributed by atoms with Crippen molar-refractivity contribution in [3.8, 4) is 11.4 Å². The number of aromatic nitrogens is 4. The van der Waals surface area contributed by atoms with E-state index >= 15 is 0 Å². The first-order valence-corrected chi connectivity index (χ1v) is 10.6. The standard InChI is InChI=1S/C23H19F4N5O3/c1-12-5-6-32-16(10-28-18(32)7-12)21(33)29-15-8-14(4-3-13(15)2)20-30-19(35-31-20)11-34-17-9-22(24,25)23(17,26)27/h3-8,10,17H,9,11H2,1-2H3,(H,29,33). The highest BCUT2D eigenvalue weighted by Gasteiger charge is 2.72. The molecule has 3 aromatic heterocycles. The number of anilines is 1. The average molecular weight is 489 g/mol. The summed E-state index contributed by atoms with van der Waals surface area (Å²) in [5, 5.41) is 6.64. The number of fused-ring (bicyclic) bond motifs is 1. The van der Waals surface area contributed by atoms with Crippen molar-refractivity contribution >= 4 is 17.2 Å². The molecule has 1 saturated carbocycles. The molecular weight excluding hydrogens is 470 g/mol. The third-order valence-corrected chi connectivity index (χ3v) is 5.86. The number of benzene rings is 1. The van der Waals surface area contributed by atoms with Gasteiger partial charge < -0.3 is 14.6 Å². The van der Waals surface area contributed by atoms with Crippen LogP contribution in [0.2, 0.25) is 0 Å². The molecule has 1 aromatic carbocycles. The molecule has 1 N–H and O–H groups in total. The van der Waals surface area contributed by atoms with Crippen molar-refractivity contribution in [2.45, 2.75) is 44.8 Å². The highest BCUT2D eigenvalue weighted by atomic mass is 19.3. The second kappa shape index (κ2) is 8.15. The van der Waals surface area contributed by atoms with Crippen LogP contribution in [0.5, 0.6) is 0 Å². The maximum Gasteiger partial charge on any atom is 0.335 e. The number of amides is 1. The number of pyridine rings is 1. The summed E-state index contributed by atoms with van der Waals surface area (Å²) in [5.74, 6) is -8.71. The largest absolute Gasteiger partial charge is 0.362 e. The van der Waals surface area contributed by atoms with Crippen LogP contribution < -0.4 is 5.32 Å². The molecule has 1 atom stereocenters. The summed E-state index contributed by atoms with van der Waals surface area (Å²) in [6, 6.07) is 8.80. The summed E-state index contributed by atoms with van der Waals surface area (Å²) in [5.41, 5.74) is 3.76. The molecule has 0 bridgehead atoms. The zero-order valence-corrected chi connectivity index (χ0v) is 18.6. The fourth-order valence-electron chi connectivity index (χ4n) is 3.70. The minimum Gasteiger partial charge on any atom is -0.362 e. The molecule has 1 amide bonds. The lowest BCUT2D eigenvalue weighted by atomic mass is 9.85. The van der Waals surface area contributed by atoms with E-state index in [2.05, 4.69) is 20.4 Å². The van der Waals surface area contributed by atoms with Gasteiger partial charge in [-0.05, 0) is 43.2 Å². The number of aryl methyl sites for hydroxylation is 2. The number of hydrogen-bond donors (Lipinski definition) is 1. The maximum absolute atomic E-state index is 13.4. The van der Waals surface area contributed by atoms with Gasteiger partial charge in [0.15, 0.2) is 0 Å². The predicted octanol–water partition coefficient (Wildman–Crippen LogP) is 4.81. The van der Waals surface area contributed by atoms with E-state index in [0.29, 0.717) is 22.6 Å². The van der Waals surface area contributed by atoms with Crippen molar-refractivity contribution in [2.24, 2.45) is 0 Å². The number of carbonyl (C=O) groups is 1. The van der Waals surface area contributed by atoms with Gasteiger partial charge in [-0.2, -0.15) is 22.5 Å². The summed E-state index contributed by atoms with van der Waals surface area (Å²) in [4.78, 5) is 21.2. The van der Waals surface area contributed by atoms with E-state index in [4.69, 9.17) is 9.26 Å². The topological polar surface area (TPSA) is 94.5 Å². The Labute approximate surface area is 195 Å². The number of alkyl halides is 4. The first kappa shape index (κ1) is 23.0. The second-order valence-electron chi connectivity index (χ2n) is 8.40. The minimum absolute atomic E-state index is 0.120. The molecule has 35 heavy (non-hydrogen) atoms. The Morgan fingerprint density at radius 3 is 2.77 bits per heavy atom. The fraction of sp³-hybridized carbons (Fsp3) is 0.304. The third kappa shape index (κ3) is 4.03. The molecule has 1 unspecified atom stereocenters. The van der Waals surface area contributed by atoms with Gasteiger partial charge in [-0.1, -0.05) is 17.3 Å². The van der Waals surface area contributed by atoms with Crippen LogP contribution in [0.4, 0.5) is 23.2 Å². The number of imidazole rings is 1. The van der Waals surface area contributed by atoms with E-state index in [1.165, 1.54) is 6.20 Å². The molecule has 5 rings (SSSR count). The van der Waals surface area contributed by atoms with E-state index in [-0.39, 0.29) is 17.6 Å². The number of rotatable bonds is 6. The molecule has 1 aliphatic rings. The van der Waals surface area contributed by atoms with Gasteiger partial charge in [0.1, 0.15) is 24.1 Å². The highest BCUT2D eigenvalue weighted by molar-refractivity contribution is 6.04. The summed E-state index contributed by atoms with van der Waals surface area (Å²) in [6.45, 7) is 3.20. The predicted molar refractivity (Wildman–Crippen MR) is 115 cm³/mol. The molecule has 0 saturated heterocycles. The lowest BCUT2D eigenvalue weighted by Gasteiger charge is -2.42. The van der Waals surface area contributed by atoms with E-state index in [1.807, 2.05) is 19.1 Å². The van der Waals surface area contributed by atoms with Gasteiger partial charge in [-0.3, -0.25) is 9.20 Å². The van der Waals surface area contributed by atoms with Crippen molar-refractivity contribution in [1.29, 1.82) is 0 Å². The lowest BCUT2D eigenvalue weighted by molar-refractivity contribution is -0.343. The van der Waals surface area contributed by atoms with Gasteiger partial charge in [-0.25, -0.2) is 4.98 Å². The number of ether oxygens (including phenoxy) is 1. The summed E-state index contributed by atoms with van der Waals surface area (Å²) >= 11 is 0. The van der Waals surface area contributed by atoms with Crippen LogP contribution in [0.15, 0.2) is 47.2 Å². The molecule has 12 heteroatoms. The number of nitrogens with one attached hydrogen (secondary N) is 1. The molecule has 1 fully saturated rings. The van der Waals surface area contributed by atoms with Crippen LogP contribution in [-0.4, -0.2) is 43.4 Å². The second-order valence-corrected chi connectivity index (χ2v) is 8.40. The number of hydrogen-bond acceptors (Lipinski definition) is 6. The Hall–Kier alpha value is -3.80. The lowest BCUT2D eigenvalue weighted by Crippen LogP contribution is -2.63. The van der Waals surface area contributed by atoms with Gasteiger partial charge in [0, 0.05) is 17.4 Å². The molecule has 0 spiro atoms. The molecule has 4 aromatic rings. The average Bonchev–Trinajstić information content (AvgIpc) is 3.45. The molecule has 0 radical (unpaired) electrons. The molecule has 1 aliphatic carbocycles. The first-order chi connectivity index (χ1) is 16.5. The maximum atomic E-state index is 13.4. The fourth-order valence-corrected chi connectivity index (χ4v) is 3.70. The van der Waals surface area contributed by atoms with Crippen LogP contribution in [0.1, 0.15) is 33.9 Å². The van der Waals surface area contributed by atoms with Gasteiger partial charge in [-0.15, -0.1) is 0 Å². The van der Waals surface area contributed by atoms with E-state index in [9.17, 15) is 22.4 Å². The summed E-state index contributed by atoms with van der Waals surface area (Å²) < 4.78 is 64.2. The van der Waals surface area contributed by atoms with E-state index in [1.54, 1.807) is 35.7 Å². The van der Waals surface area contributed by atoms with Crippen molar-refractivity contribution in [1.82, 2.24) is 19.5 Å². The van der Waals surface area contributed by atoms with Crippen molar-refractivity contribution in [3.05, 3.63) is 65.4 Å². The highest BCUT2D eigenvalue weighted by Crippen LogP contribution is 2.52. The van der Waals surface area contributed by atoms with Gasteiger partial charge in [0.2, 0.25) is 5.82 Å². The molecular formula is C23H19F4N5O3. The molecule has 8 nitrogen and oxygen atoms in total. The molecule has 0 aliphatic heterocycles. The van der Waals surface area contributed by atoms with Crippen LogP contribution in [0.3, 0.4) is 0 Å². The van der Waals surface area contributed by atoms with Gasteiger partial charge in [0.05, 0.1) is 12.6 Å².